The normalized spacial score (nSPS) is 23.4. The fraction of sp³-hybridized carbons (Fsp3) is 0.500. The topological polar surface area (TPSA) is 54.3 Å². The Morgan fingerprint density at radius 3 is 2.94 bits per heavy atom. The second-order valence-corrected chi connectivity index (χ2v) is 4.41. The molecule has 1 heterocycles. The third kappa shape index (κ3) is 2.63. The highest BCUT2D eigenvalue weighted by molar-refractivity contribution is 5.45. The molecular weight excluding hydrogens is 228 g/mol. The fourth-order valence-electron chi connectivity index (χ4n) is 2.10. The second kappa shape index (κ2) is 5.85. The third-order valence-corrected chi connectivity index (χ3v) is 3.30. The van der Waals surface area contributed by atoms with E-state index in [0.717, 1.165) is 25.1 Å². The minimum Gasteiger partial charge on any atom is -0.495 e. The number of nitriles is 1. The molecule has 0 radical (unpaired) electrons. The Morgan fingerprint density at radius 1 is 1.56 bits per heavy atom. The molecule has 0 amide bonds. The van der Waals surface area contributed by atoms with Gasteiger partial charge in [-0.05, 0) is 24.1 Å². The molecule has 4 heteroatoms. The van der Waals surface area contributed by atoms with E-state index < -0.39 is 0 Å². The van der Waals surface area contributed by atoms with E-state index in [0.29, 0.717) is 17.4 Å². The zero-order valence-corrected chi connectivity index (χ0v) is 10.8. The molecule has 1 aliphatic heterocycles. The molecule has 1 fully saturated rings. The highest BCUT2D eigenvalue weighted by Crippen LogP contribution is 2.26. The summed E-state index contributed by atoms with van der Waals surface area (Å²) in [4.78, 5) is 0. The molecule has 1 N–H and O–H groups in total. The maximum absolute atomic E-state index is 8.94. The van der Waals surface area contributed by atoms with Crippen LogP contribution in [-0.2, 0) is 4.74 Å². The number of methoxy groups -OCH3 is 1. The number of rotatable bonds is 3. The quantitative estimate of drug-likeness (QED) is 0.886. The van der Waals surface area contributed by atoms with Crippen molar-refractivity contribution in [3.05, 3.63) is 29.3 Å². The van der Waals surface area contributed by atoms with Gasteiger partial charge in [-0.1, -0.05) is 13.0 Å². The summed E-state index contributed by atoms with van der Waals surface area (Å²) in [7, 11) is 1.58. The number of benzene rings is 1. The van der Waals surface area contributed by atoms with Gasteiger partial charge in [0.1, 0.15) is 11.8 Å². The molecule has 1 saturated heterocycles. The average molecular weight is 246 g/mol. The zero-order valence-electron chi connectivity index (χ0n) is 10.8. The maximum Gasteiger partial charge on any atom is 0.136 e. The maximum atomic E-state index is 8.94. The standard InChI is InChI=1S/C14H18N2O2/c1-3-12-9-18-14(8-16-12)10-4-5-11(7-15)13(6-10)17-2/h4-6,12,14,16H,3,8-9H2,1-2H3. The van der Waals surface area contributed by atoms with Crippen molar-refractivity contribution < 1.29 is 9.47 Å². The Kier molecular flexibility index (Phi) is 4.19. The van der Waals surface area contributed by atoms with E-state index in [4.69, 9.17) is 14.7 Å². The van der Waals surface area contributed by atoms with E-state index in [1.165, 1.54) is 0 Å². The van der Waals surface area contributed by atoms with E-state index in [-0.39, 0.29) is 6.10 Å². The summed E-state index contributed by atoms with van der Waals surface area (Å²) in [6.45, 7) is 3.67. The summed E-state index contributed by atoms with van der Waals surface area (Å²) in [6.07, 6.45) is 1.11. The average Bonchev–Trinajstić information content (AvgIpc) is 2.46. The van der Waals surface area contributed by atoms with Crippen molar-refractivity contribution in [2.45, 2.75) is 25.5 Å². The largest absolute Gasteiger partial charge is 0.495 e. The Bertz CT molecular complexity index is 446. The first-order valence-corrected chi connectivity index (χ1v) is 6.21. The van der Waals surface area contributed by atoms with Crippen LogP contribution in [0, 0.1) is 11.3 Å². The van der Waals surface area contributed by atoms with Gasteiger partial charge in [0.2, 0.25) is 0 Å². The summed E-state index contributed by atoms with van der Waals surface area (Å²) in [5.41, 5.74) is 1.60. The lowest BCUT2D eigenvalue weighted by Gasteiger charge is -2.30. The molecule has 1 aromatic rings. The molecule has 1 aliphatic rings. The smallest absolute Gasteiger partial charge is 0.136 e. The molecule has 0 saturated carbocycles. The molecule has 2 atom stereocenters. The van der Waals surface area contributed by atoms with Crippen molar-refractivity contribution in [2.24, 2.45) is 0 Å². The van der Waals surface area contributed by atoms with Gasteiger partial charge in [-0.3, -0.25) is 0 Å². The van der Waals surface area contributed by atoms with Crippen LogP contribution in [0.2, 0.25) is 0 Å². The van der Waals surface area contributed by atoms with Crippen LogP contribution in [0.1, 0.15) is 30.6 Å². The molecule has 0 aliphatic carbocycles. The van der Waals surface area contributed by atoms with Gasteiger partial charge in [0.25, 0.3) is 0 Å². The van der Waals surface area contributed by atoms with Gasteiger partial charge in [0.15, 0.2) is 0 Å². The fourth-order valence-corrected chi connectivity index (χ4v) is 2.10. The van der Waals surface area contributed by atoms with Crippen molar-refractivity contribution in [3.8, 4) is 11.8 Å². The first-order chi connectivity index (χ1) is 8.78. The predicted molar refractivity (Wildman–Crippen MR) is 68.5 cm³/mol. The van der Waals surface area contributed by atoms with Gasteiger partial charge >= 0.3 is 0 Å². The highest BCUT2D eigenvalue weighted by Gasteiger charge is 2.21. The first-order valence-electron chi connectivity index (χ1n) is 6.21. The minimum atomic E-state index is 0.0365. The Labute approximate surface area is 108 Å². The SMILES string of the molecule is CCC1COC(c2ccc(C#N)c(OC)c2)CN1. The summed E-state index contributed by atoms with van der Waals surface area (Å²) in [5, 5.41) is 12.4. The zero-order chi connectivity index (χ0) is 13.0. The second-order valence-electron chi connectivity index (χ2n) is 4.41. The molecule has 0 spiro atoms. The lowest BCUT2D eigenvalue weighted by atomic mass is 10.0. The molecule has 96 valence electrons. The number of ether oxygens (including phenoxy) is 2. The number of hydrogen-bond acceptors (Lipinski definition) is 4. The van der Waals surface area contributed by atoms with Gasteiger partial charge in [0.05, 0.1) is 25.4 Å². The molecule has 1 aromatic carbocycles. The van der Waals surface area contributed by atoms with E-state index in [1.54, 1.807) is 13.2 Å². The van der Waals surface area contributed by atoms with Crippen LogP contribution < -0.4 is 10.1 Å². The van der Waals surface area contributed by atoms with E-state index in [2.05, 4.69) is 18.3 Å². The van der Waals surface area contributed by atoms with Crippen LogP contribution in [0.25, 0.3) is 0 Å². The molecule has 0 aromatic heterocycles. The number of nitrogens with zero attached hydrogens (tertiary/aromatic N) is 1. The monoisotopic (exact) mass is 246 g/mol. The molecular formula is C14H18N2O2. The molecule has 18 heavy (non-hydrogen) atoms. The lowest BCUT2D eigenvalue weighted by Crippen LogP contribution is -2.42. The van der Waals surface area contributed by atoms with Gasteiger partial charge in [-0.25, -0.2) is 0 Å². The van der Waals surface area contributed by atoms with E-state index >= 15 is 0 Å². The Hall–Kier alpha value is -1.57. The van der Waals surface area contributed by atoms with Gasteiger partial charge in [-0.2, -0.15) is 5.26 Å². The summed E-state index contributed by atoms with van der Waals surface area (Å²) in [5.74, 6) is 0.608. The van der Waals surface area contributed by atoms with E-state index in [9.17, 15) is 0 Å². The van der Waals surface area contributed by atoms with Crippen LogP contribution in [0.5, 0.6) is 5.75 Å². The number of hydrogen-bond donors (Lipinski definition) is 1. The van der Waals surface area contributed by atoms with Crippen LogP contribution in [-0.4, -0.2) is 26.3 Å². The Balaban J connectivity index is 2.13. The van der Waals surface area contributed by atoms with Gasteiger partial charge in [0, 0.05) is 12.6 Å². The van der Waals surface area contributed by atoms with Crippen molar-refractivity contribution in [2.75, 3.05) is 20.3 Å². The number of nitrogens with one attached hydrogen (secondary N) is 1. The molecule has 2 unspecified atom stereocenters. The highest BCUT2D eigenvalue weighted by atomic mass is 16.5. The van der Waals surface area contributed by atoms with Gasteiger partial charge in [-0.15, -0.1) is 0 Å². The minimum absolute atomic E-state index is 0.0365. The van der Waals surface area contributed by atoms with Crippen molar-refractivity contribution >= 4 is 0 Å². The first kappa shape index (κ1) is 12.9. The van der Waals surface area contributed by atoms with Gasteiger partial charge < -0.3 is 14.8 Å². The molecule has 2 rings (SSSR count). The Morgan fingerprint density at radius 2 is 2.39 bits per heavy atom. The van der Waals surface area contributed by atoms with Crippen molar-refractivity contribution in [1.82, 2.24) is 5.32 Å². The summed E-state index contributed by atoms with van der Waals surface area (Å²) in [6, 6.07) is 8.15. The van der Waals surface area contributed by atoms with Crippen LogP contribution in [0.4, 0.5) is 0 Å². The lowest BCUT2D eigenvalue weighted by molar-refractivity contribution is 0.00213. The van der Waals surface area contributed by atoms with E-state index in [1.807, 2.05) is 12.1 Å². The summed E-state index contributed by atoms with van der Waals surface area (Å²) < 4.78 is 11.1. The third-order valence-electron chi connectivity index (χ3n) is 3.30. The summed E-state index contributed by atoms with van der Waals surface area (Å²) >= 11 is 0. The van der Waals surface area contributed by atoms with Crippen molar-refractivity contribution in [1.29, 1.82) is 5.26 Å². The van der Waals surface area contributed by atoms with Crippen LogP contribution in [0.3, 0.4) is 0 Å². The molecule has 0 bridgehead atoms. The van der Waals surface area contributed by atoms with Crippen LogP contribution >= 0.6 is 0 Å². The van der Waals surface area contributed by atoms with Crippen LogP contribution in [0.15, 0.2) is 18.2 Å². The predicted octanol–water partition coefficient (Wildman–Crippen LogP) is 2.01. The van der Waals surface area contributed by atoms with Crippen molar-refractivity contribution in [3.63, 3.8) is 0 Å². The molecule has 4 nitrogen and oxygen atoms in total. The number of morpholine rings is 1.